The maximum absolute atomic E-state index is 11.9. The van der Waals surface area contributed by atoms with Gasteiger partial charge in [0.1, 0.15) is 5.03 Å². The lowest BCUT2D eigenvalue weighted by Crippen LogP contribution is -2.14. The number of hydrogen-bond donors (Lipinski definition) is 1. The second-order valence-electron chi connectivity index (χ2n) is 4.19. The number of thioether (sulfide) groups is 1. The molecule has 0 aliphatic rings. The summed E-state index contributed by atoms with van der Waals surface area (Å²) in [5, 5.41) is 3.73. The van der Waals surface area contributed by atoms with Crippen molar-refractivity contribution in [1.29, 1.82) is 0 Å². The van der Waals surface area contributed by atoms with Crippen molar-refractivity contribution in [1.82, 2.24) is 4.98 Å². The highest BCUT2D eigenvalue weighted by molar-refractivity contribution is 8.00. The number of pyridine rings is 1. The fraction of sp³-hybridized carbons (Fsp3) is 0.133. The van der Waals surface area contributed by atoms with Gasteiger partial charge in [-0.2, -0.15) is 0 Å². The summed E-state index contributed by atoms with van der Waals surface area (Å²) in [7, 11) is 1.30. The van der Waals surface area contributed by atoms with Crippen LogP contribution in [0.15, 0.2) is 47.6 Å². The number of carbonyl (C=O) groups is 2. The van der Waals surface area contributed by atoms with Crippen LogP contribution in [0.3, 0.4) is 0 Å². The van der Waals surface area contributed by atoms with Crippen molar-refractivity contribution in [2.24, 2.45) is 0 Å². The number of nitrogens with zero attached hydrogens (tertiary/aromatic N) is 1. The van der Waals surface area contributed by atoms with Gasteiger partial charge in [0.2, 0.25) is 5.91 Å². The summed E-state index contributed by atoms with van der Waals surface area (Å²) in [6.45, 7) is 0. The van der Waals surface area contributed by atoms with Gasteiger partial charge in [-0.25, -0.2) is 9.78 Å². The van der Waals surface area contributed by atoms with Gasteiger partial charge in [0.25, 0.3) is 0 Å². The van der Waals surface area contributed by atoms with E-state index >= 15 is 0 Å². The first kappa shape index (κ1) is 16.3. The maximum atomic E-state index is 11.9. The first-order valence-corrected chi connectivity index (χ1v) is 7.68. The fourth-order valence-corrected chi connectivity index (χ4v) is 2.64. The average Bonchev–Trinajstić information content (AvgIpc) is 2.52. The van der Waals surface area contributed by atoms with Gasteiger partial charge in [0, 0.05) is 16.9 Å². The van der Waals surface area contributed by atoms with Gasteiger partial charge in [-0.15, -0.1) is 0 Å². The SMILES string of the molecule is COC(=O)c1cccnc1SCC(=O)Nc1cccc(Cl)c1. The van der Waals surface area contributed by atoms with Crippen molar-refractivity contribution in [2.45, 2.75) is 5.03 Å². The molecule has 2 rings (SSSR count). The van der Waals surface area contributed by atoms with Crippen molar-refractivity contribution in [3.05, 3.63) is 53.2 Å². The molecule has 0 bridgehead atoms. The molecule has 1 aromatic heterocycles. The summed E-state index contributed by atoms with van der Waals surface area (Å²) in [6, 6.07) is 10.1. The van der Waals surface area contributed by atoms with E-state index in [2.05, 4.69) is 15.0 Å². The van der Waals surface area contributed by atoms with Crippen LogP contribution < -0.4 is 5.32 Å². The summed E-state index contributed by atoms with van der Waals surface area (Å²) >= 11 is 7.02. The molecule has 0 aliphatic heterocycles. The Morgan fingerprint density at radius 3 is 2.86 bits per heavy atom. The standard InChI is InChI=1S/C15H13ClN2O3S/c1-21-15(20)12-6-3-7-17-14(12)22-9-13(19)18-11-5-2-4-10(16)8-11/h2-8H,9H2,1H3,(H,18,19). The van der Waals surface area contributed by atoms with E-state index < -0.39 is 5.97 Å². The van der Waals surface area contributed by atoms with E-state index in [0.29, 0.717) is 21.3 Å². The molecule has 1 heterocycles. The first-order chi connectivity index (χ1) is 10.6. The van der Waals surface area contributed by atoms with Crippen molar-refractivity contribution >= 4 is 40.9 Å². The molecule has 0 aliphatic carbocycles. The van der Waals surface area contributed by atoms with Gasteiger partial charge in [-0.3, -0.25) is 4.79 Å². The van der Waals surface area contributed by atoms with E-state index in [4.69, 9.17) is 11.6 Å². The van der Waals surface area contributed by atoms with E-state index in [1.165, 1.54) is 18.9 Å². The van der Waals surface area contributed by atoms with Crippen LogP contribution in [0.1, 0.15) is 10.4 Å². The molecule has 114 valence electrons. The Balaban J connectivity index is 1.98. The third kappa shape index (κ3) is 4.47. The molecule has 0 unspecified atom stereocenters. The lowest BCUT2D eigenvalue weighted by Gasteiger charge is -2.07. The zero-order valence-corrected chi connectivity index (χ0v) is 13.3. The van der Waals surface area contributed by atoms with Gasteiger partial charge in [0.05, 0.1) is 18.4 Å². The van der Waals surface area contributed by atoms with Gasteiger partial charge >= 0.3 is 5.97 Å². The molecular formula is C15H13ClN2O3S. The minimum absolute atomic E-state index is 0.119. The number of carbonyl (C=O) groups excluding carboxylic acids is 2. The summed E-state index contributed by atoms with van der Waals surface area (Å²) < 4.78 is 4.69. The van der Waals surface area contributed by atoms with Crippen molar-refractivity contribution in [3.63, 3.8) is 0 Å². The normalized spacial score (nSPS) is 10.1. The summed E-state index contributed by atoms with van der Waals surface area (Å²) in [6.07, 6.45) is 1.56. The molecule has 0 atom stereocenters. The Morgan fingerprint density at radius 1 is 1.32 bits per heavy atom. The van der Waals surface area contributed by atoms with Crippen molar-refractivity contribution < 1.29 is 14.3 Å². The highest BCUT2D eigenvalue weighted by atomic mass is 35.5. The Morgan fingerprint density at radius 2 is 2.14 bits per heavy atom. The second kappa shape index (κ2) is 7.82. The Bertz CT molecular complexity index is 694. The number of aromatic nitrogens is 1. The molecule has 7 heteroatoms. The summed E-state index contributed by atoms with van der Waals surface area (Å²) in [4.78, 5) is 27.6. The molecular weight excluding hydrogens is 324 g/mol. The highest BCUT2D eigenvalue weighted by Gasteiger charge is 2.14. The molecule has 5 nitrogen and oxygen atoms in total. The monoisotopic (exact) mass is 336 g/mol. The molecule has 2 aromatic rings. The predicted octanol–water partition coefficient (Wildman–Crippen LogP) is 3.25. The number of esters is 1. The van der Waals surface area contributed by atoms with E-state index in [1.807, 2.05) is 0 Å². The molecule has 0 saturated carbocycles. The number of rotatable bonds is 5. The van der Waals surface area contributed by atoms with Crippen LogP contribution in [0.2, 0.25) is 5.02 Å². The zero-order valence-electron chi connectivity index (χ0n) is 11.7. The van der Waals surface area contributed by atoms with Crippen LogP contribution in [0.25, 0.3) is 0 Å². The van der Waals surface area contributed by atoms with Crippen LogP contribution in [0.5, 0.6) is 0 Å². The lowest BCUT2D eigenvalue weighted by molar-refractivity contribution is -0.113. The minimum Gasteiger partial charge on any atom is -0.465 e. The Labute approximate surface area is 137 Å². The fourth-order valence-electron chi connectivity index (χ4n) is 1.67. The van der Waals surface area contributed by atoms with Gasteiger partial charge in [-0.05, 0) is 30.3 Å². The number of amides is 1. The Hall–Kier alpha value is -2.05. The second-order valence-corrected chi connectivity index (χ2v) is 5.60. The van der Waals surface area contributed by atoms with Crippen molar-refractivity contribution in [2.75, 3.05) is 18.2 Å². The van der Waals surface area contributed by atoms with Crippen LogP contribution in [0.4, 0.5) is 5.69 Å². The summed E-state index contributed by atoms with van der Waals surface area (Å²) in [5.74, 6) is -0.576. The number of ether oxygens (including phenoxy) is 1. The number of anilines is 1. The summed E-state index contributed by atoms with van der Waals surface area (Å²) in [5.41, 5.74) is 0.956. The van der Waals surface area contributed by atoms with Crippen LogP contribution in [0, 0.1) is 0 Å². The number of hydrogen-bond acceptors (Lipinski definition) is 5. The van der Waals surface area contributed by atoms with Crippen molar-refractivity contribution in [3.8, 4) is 0 Å². The molecule has 1 amide bonds. The highest BCUT2D eigenvalue weighted by Crippen LogP contribution is 2.21. The van der Waals surface area contributed by atoms with E-state index in [1.54, 1.807) is 42.6 Å². The quantitative estimate of drug-likeness (QED) is 0.670. The number of benzene rings is 1. The number of methoxy groups -OCH3 is 1. The van der Waals surface area contributed by atoms with E-state index in [-0.39, 0.29) is 11.7 Å². The topological polar surface area (TPSA) is 68.3 Å². The molecule has 0 radical (unpaired) electrons. The van der Waals surface area contributed by atoms with Gasteiger partial charge < -0.3 is 10.1 Å². The largest absolute Gasteiger partial charge is 0.465 e. The smallest absolute Gasteiger partial charge is 0.340 e. The molecule has 0 saturated heterocycles. The molecule has 0 fully saturated rings. The van der Waals surface area contributed by atoms with Crippen LogP contribution >= 0.6 is 23.4 Å². The van der Waals surface area contributed by atoms with E-state index in [9.17, 15) is 9.59 Å². The maximum Gasteiger partial charge on any atom is 0.340 e. The number of nitrogens with one attached hydrogen (secondary N) is 1. The third-order valence-electron chi connectivity index (χ3n) is 2.62. The van der Waals surface area contributed by atoms with Gasteiger partial charge in [0.15, 0.2) is 0 Å². The number of halogens is 1. The third-order valence-corrected chi connectivity index (χ3v) is 3.87. The molecule has 0 spiro atoms. The van der Waals surface area contributed by atoms with Crippen LogP contribution in [-0.4, -0.2) is 29.7 Å². The first-order valence-electron chi connectivity index (χ1n) is 6.31. The average molecular weight is 337 g/mol. The van der Waals surface area contributed by atoms with Gasteiger partial charge in [-0.1, -0.05) is 29.4 Å². The van der Waals surface area contributed by atoms with E-state index in [0.717, 1.165) is 0 Å². The molecule has 1 N–H and O–H groups in total. The lowest BCUT2D eigenvalue weighted by atomic mass is 10.3. The molecule has 1 aromatic carbocycles. The predicted molar refractivity (Wildman–Crippen MR) is 86.4 cm³/mol. The minimum atomic E-state index is -0.481. The van der Waals surface area contributed by atoms with Crippen LogP contribution in [-0.2, 0) is 9.53 Å². The zero-order chi connectivity index (χ0) is 15.9. The molecule has 22 heavy (non-hydrogen) atoms. The Kier molecular flexibility index (Phi) is 5.80.